The molecule has 0 spiro atoms. The molecule has 0 aromatic heterocycles. The van der Waals surface area contributed by atoms with Crippen LogP contribution >= 0.6 is 0 Å². The molecule has 5 atom stereocenters. The largest absolute Gasteiger partial charge is 0.479 e. The lowest BCUT2D eigenvalue weighted by molar-refractivity contribution is -0.271. The van der Waals surface area contributed by atoms with Crippen molar-refractivity contribution in [2.24, 2.45) is 0 Å². The van der Waals surface area contributed by atoms with Gasteiger partial charge in [0, 0.05) is 0 Å². The van der Waals surface area contributed by atoms with Crippen LogP contribution < -0.4 is 4.74 Å². The van der Waals surface area contributed by atoms with E-state index >= 15 is 0 Å². The van der Waals surface area contributed by atoms with Gasteiger partial charge in [0.15, 0.2) is 6.10 Å². The number of aliphatic hydroxyl groups is 3. The van der Waals surface area contributed by atoms with E-state index < -0.39 is 36.7 Å². The Balaban J connectivity index is 1.98. The number of carbonyl (C=O) groups is 1. The van der Waals surface area contributed by atoms with Crippen molar-refractivity contribution in [3.05, 3.63) is 29.8 Å². The summed E-state index contributed by atoms with van der Waals surface area (Å²) in [6.07, 6.45) is -0.232. The zero-order valence-corrected chi connectivity index (χ0v) is 15.7. The highest BCUT2D eigenvalue weighted by molar-refractivity contribution is 5.73. The number of aryl methyl sites for hydroxylation is 1. The Morgan fingerprint density at radius 1 is 1.00 bits per heavy atom. The van der Waals surface area contributed by atoms with Gasteiger partial charge in [0.2, 0.25) is 6.29 Å². The van der Waals surface area contributed by atoms with E-state index in [-0.39, 0.29) is 0 Å². The van der Waals surface area contributed by atoms with E-state index in [4.69, 9.17) is 14.6 Å². The minimum absolute atomic E-state index is 0.475. The van der Waals surface area contributed by atoms with Crippen molar-refractivity contribution in [1.29, 1.82) is 0 Å². The van der Waals surface area contributed by atoms with Crippen LogP contribution in [0.3, 0.4) is 0 Å². The summed E-state index contributed by atoms with van der Waals surface area (Å²) in [6, 6.07) is 7.29. The summed E-state index contributed by atoms with van der Waals surface area (Å²) in [4.78, 5) is 11.2. The first kappa shape index (κ1) is 21.6. The fourth-order valence-electron chi connectivity index (χ4n) is 3.20. The molecule has 1 unspecified atom stereocenters. The Labute approximate surface area is 159 Å². The molecule has 0 aliphatic carbocycles. The third-order valence-corrected chi connectivity index (χ3v) is 4.83. The Bertz CT molecular complexity index is 591. The number of ether oxygens (including phenoxy) is 2. The molecule has 1 aliphatic rings. The number of aliphatic carboxylic acids is 1. The van der Waals surface area contributed by atoms with Gasteiger partial charge in [-0.2, -0.15) is 0 Å². The monoisotopic (exact) mass is 382 g/mol. The number of hydrogen-bond acceptors (Lipinski definition) is 6. The Hall–Kier alpha value is -1.67. The maximum absolute atomic E-state index is 11.2. The normalized spacial score (nSPS) is 28.1. The van der Waals surface area contributed by atoms with Crippen LogP contribution in [0.25, 0.3) is 0 Å². The van der Waals surface area contributed by atoms with Crippen LogP contribution in [0.5, 0.6) is 5.75 Å². The summed E-state index contributed by atoms with van der Waals surface area (Å²) >= 11 is 0. The highest BCUT2D eigenvalue weighted by Gasteiger charge is 2.48. The van der Waals surface area contributed by atoms with Crippen molar-refractivity contribution in [3.63, 3.8) is 0 Å². The van der Waals surface area contributed by atoms with E-state index in [9.17, 15) is 20.1 Å². The van der Waals surface area contributed by atoms with Crippen LogP contribution in [0.2, 0.25) is 0 Å². The number of benzene rings is 1. The molecular formula is C20H30O7. The Morgan fingerprint density at radius 2 is 1.67 bits per heavy atom. The molecule has 4 N–H and O–H groups in total. The molecule has 0 bridgehead atoms. The van der Waals surface area contributed by atoms with Crippen molar-refractivity contribution in [2.75, 3.05) is 0 Å². The molecule has 0 radical (unpaired) electrons. The molecule has 1 saturated heterocycles. The summed E-state index contributed by atoms with van der Waals surface area (Å²) in [5, 5.41) is 38.9. The average Bonchev–Trinajstić information content (AvgIpc) is 2.65. The minimum Gasteiger partial charge on any atom is -0.479 e. The lowest BCUT2D eigenvalue weighted by Gasteiger charge is -2.38. The number of para-hydroxylation sites is 1. The lowest BCUT2D eigenvalue weighted by Crippen LogP contribution is -2.61. The van der Waals surface area contributed by atoms with E-state index in [2.05, 4.69) is 6.92 Å². The average molecular weight is 382 g/mol. The molecule has 1 heterocycles. The van der Waals surface area contributed by atoms with E-state index in [1.807, 2.05) is 12.1 Å². The standard InChI is InChI=1S/C20H30O7/c1-2-3-4-5-6-7-10-13-11-8-9-12-14(13)26-20-17(23)15(21)16(22)18(27-20)19(24)25/h8-9,11-12,15-18,20-23H,2-7,10H2,1H3,(H,24,25)/t15-,16-,17+,18-,20?/m0/s1. The summed E-state index contributed by atoms with van der Waals surface area (Å²) in [5.74, 6) is -0.953. The summed E-state index contributed by atoms with van der Waals surface area (Å²) in [5.41, 5.74) is 0.927. The van der Waals surface area contributed by atoms with Crippen LogP contribution in [0, 0.1) is 0 Å². The number of carboxylic acid groups (broad SMARTS) is 1. The van der Waals surface area contributed by atoms with Gasteiger partial charge < -0.3 is 29.9 Å². The number of carboxylic acids is 1. The molecule has 152 valence electrons. The SMILES string of the molecule is CCCCCCCCc1ccccc1OC1O[C@H](C(=O)O)[C@@H](O)[C@H](O)[C@H]1O. The van der Waals surface area contributed by atoms with E-state index in [1.54, 1.807) is 12.1 Å². The summed E-state index contributed by atoms with van der Waals surface area (Å²) in [7, 11) is 0. The topological polar surface area (TPSA) is 116 Å². The maximum Gasteiger partial charge on any atom is 0.335 e. The molecule has 1 fully saturated rings. The first-order valence-corrected chi connectivity index (χ1v) is 9.62. The predicted molar refractivity (Wildman–Crippen MR) is 98.5 cm³/mol. The van der Waals surface area contributed by atoms with Crippen molar-refractivity contribution in [1.82, 2.24) is 0 Å². The molecule has 0 saturated carbocycles. The number of unbranched alkanes of at least 4 members (excludes halogenated alkanes) is 5. The summed E-state index contributed by atoms with van der Waals surface area (Å²) < 4.78 is 10.9. The van der Waals surface area contributed by atoms with Crippen LogP contribution in [0.1, 0.15) is 51.0 Å². The molecule has 2 rings (SSSR count). The smallest absolute Gasteiger partial charge is 0.335 e. The third-order valence-electron chi connectivity index (χ3n) is 4.83. The Morgan fingerprint density at radius 3 is 2.37 bits per heavy atom. The second-order valence-corrected chi connectivity index (χ2v) is 6.98. The van der Waals surface area contributed by atoms with Gasteiger partial charge in [0.25, 0.3) is 0 Å². The van der Waals surface area contributed by atoms with Crippen molar-refractivity contribution in [3.8, 4) is 5.75 Å². The van der Waals surface area contributed by atoms with Crippen molar-refractivity contribution >= 4 is 5.97 Å². The quantitative estimate of drug-likeness (QED) is 0.456. The van der Waals surface area contributed by atoms with Gasteiger partial charge in [0.05, 0.1) is 0 Å². The summed E-state index contributed by atoms with van der Waals surface area (Å²) in [6.45, 7) is 2.18. The van der Waals surface area contributed by atoms with E-state index in [1.165, 1.54) is 25.7 Å². The molecule has 0 amide bonds. The zero-order chi connectivity index (χ0) is 19.8. The van der Waals surface area contributed by atoms with Crippen LogP contribution in [-0.4, -0.2) is 57.1 Å². The highest BCUT2D eigenvalue weighted by Crippen LogP contribution is 2.27. The van der Waals surface area contributed by atoms with Gasteiger partial charge in [-0.1, -0.05) is 57.2 Å². The van der Waals surface area contributed by atoms with Crippen molar-refractivity contribution in [2.45, 2.75) is 82.6 Å². The van der Waals surface area contributed by atoms with Gasteiger partial charge in [-0.3, -0.25) is 0 Å². The first-order chi connectivity index (χ1) is 13.0. The van der Waals surface area contributed by atoms with Gasteiger partial charge >= 0.3 is 5.97 Å². The van der Waals surface area contributed by atoms with Gasteiger partial charge in [-0.15, -0.1) is 0 Å². The van der Waals surface area contributed by atoms with E-state index in [0.717, 1.165) is 24.8 Å². The van der Waals surface area contributed by atoms with Crippen molar-refractivity contribution < 1.29 is 34.7 Å². The van der Waals surface area contributed by atoms with Crippen LogP contribution in [-0.2, 0) is 16.0 Å². The van der Waals surface area contributed by atoms with Crippen LogP contribution in [0.15, 0.2) is 24.3 Å². The second kappa shape index (κ2) is 10.6. The predicted octanol–water partition coefficient (Wildman–Crippen LogP) is 1.86. The molecule has 1 aromatic carbocycles. The molecular weight excluding hydrogens is 352 g/mol. The van der Waals surface area contributed by atoms with Crippen LogP contribution in [0.4, 0.5) is 0 Å². The zero-order valence-electron chi connectivity index (χ0n) is 15.7. The number of hydrogen-bond donors (Lipinski definition) is 4. The van der Waals surface area contributed by atoms with Gasteiger partial charge in [0.1, 0.15) is 24.1 Å². The fraction of sp³-hybridized carbons (Fsp3) is 0.650. The molecule has 7 nitrogen and oxygen atoms in total. The highest BCUT2D eigenvalue weighted by atomic mass is 16.7. The molecule has 7 heteroatoms. The molecule has 27 heavy (non-hydrogen) atoms. The first-order valence-electron chi connectivity index (χ1n) is 9.62. The molecule has 1 aliphatic heterocycles. The molecule has 1 aromatic rings. The third kappa shape index (κ3) is 5.90. The second-order valence-electron chi connectivity index (χ2n) is 6.98. The fourth-order valence-corrected chi connectivity index (χ4v) is 3.20. The van der Waals surface area contributed by atoms with E-state index in [0.29, 0.717) is 5.75 Å². The minimum atomic E-state index is -1.73. The lowest BCUT2D eigenvalue weighted by atomic mass is 9.99. The number of rotatable bonds is 10. The van der Waals surface area contributed by atoms with Gasteiger partial charge in [-0.05, 0) is 24.5 Å². The maximum atomic E-state index is 11.2. The number of aliphatic hydroxyl groups excluding tert-OH is 3. The Kier molecular flexibility index (Phi) is 8.50. The van der Waals surface area contributed by atoms with Gasteiger partial charge in [-0.25, -0.2) is 4.79 Å².